The number of benzene rings is 2. The van der Waals surface area contributed by atoms with Gasteiger partial charge >= 0.3 is 0 Å². The van der Waals surface area contributed by atoms with E-state index >= 15 is 0 Å². The lowest BCUT2D eigenvalue weighted by atomic mass is 9.98. The van der Waals surface area contributed by atoms with Crippen molar-refractivity contribution in [3.63, 3.8) is 0 Å². The number of aryl methyl sites for hydroxylation is 1. The van der Waals surface area contributed by atoms with Gasteiger partial charge in [-0.05, 0) is 45.0 Å². The molecule has 3 nitrogen and oxygen atoms in total. The quantitative estimate of drug-likeness (QED) is 0.824. The smallest absolute Gasteiger partial charge is 0.130 e. The van der Waals surface area contributed by atoms with Crippen LogP contribution in [0, 0.1) is 5.82 Å². The highest BCUT2D eigenvalue weighted by molar-refractivity contribution is 5.77. The molecule has 0 bridgehead atoms. The molecular formula is C20H28FNO2. The van der Waals surface area contributed by atoms with E-state index in [1.54, 1.807) is 13.2 Å². The van der Waals surface area contributed by atoms with E-state index in [4.69, 9.17) is 9.47 Å². The van der Waals surface area contributed by atoms with Crippen molar-refractivity contribution in [2.24, 2.45) is 5.73 Å². The number of hydrogen-bond acceptors (Lipinski definition) is 3. The molecule has 2 aromatic carbocycles. The van der Waals surface area contributed by atoms with Crippen LogP contribution in [0.3, 0.4) is 0 Å². The second-order valence-corrected chi connectivity index (χ2v) is 5.56. The Morgan fingerprint density at radius 1 is 1.08 bits per heavy atom. The van der Waals surface area contributed by atoms with E-state index < -0.39 is 0 Å². The fraction of sp³-hybridized carbons (Fsp3) is 0.400. The third kappa shape index (κ3) is 4.96. The van der Waals surface area contributed by atoms with E-state index in [0.717, 1.165) is 35.3 Å². The van der Waals surface area contributed by atoms with E-state index in [2.05, 4.69) is 18.7 Å². The zero-order valence-electron chi connectivity index (χ0n) is 15.2. The maximum atomic E-state index is 13.6. The van der Waals surface area contributed by atoms with Crippen LogP contribution in [0.15, 0.2) is 36.4 Å². The molecule has 0 aliphatic rings. The average Bonchev–Trinajstić information content (AvgIpc) is 2.56. The van der Waals surface area contributed by atoms with Crippen molar-refractivity contribution < 1.29 is 13.9 Å². The lowest BCUT2D eigenvalue weighted by Crippen LogP contribution is -2.07. The normalized spacial score (nSPS) is 10.2. The Morgan fingerprint density at radius 2 is 1.79 bits per heavy atom. The van der Waals surface area contributed by atoms with E-state index in [9.17, 15) is 4.39 Å². The fourth-order valence-corrected chi connectivity index (χ4v) is 2.57. The summed E-state index contributed by atoms with van der Waals surface area (Å²) in [6.07, 6.45) is 1.96. The van der Waals surface area contributed by atoms with E-state index in [0.29, 0.717) is 5.75 Å². The van der Waals surface area contributed by atoms with Gasteiger partial charge in [0.15, 0.2) is 0 Å². The minimum Gasteiger partial charge on any atom is -0.496 e. The van der Waals surface area contributed by atoms with E-state index in [-0.39, 0.29) is 11.9 Å². The van der Waals surface area contributed by atoms with Crippen molar-refractivity contribution >= 4 is 0 Å². The van der Waals surface area contributed by atoms with Crippen LogP contribution in [-0.4, -0.2) is 20.3 Å². The number of hydrogen-bond donors (Lipinski definition) is 1. The van der Waals surface area contributed by atoms with Crippen molar-refractivity contribution in [2.75, 3.05) is 14.2 Å². The van der Waals surface area contributed by atoms with Crippen LogP contribution in [0.25, 0.3) is 11.1 Å². The van der Waals surface area contributed by atoms with Crippen LogP contribution in [0.2, 0.25) is 0 Å². The third-order valence-corrected chi connectivity index (χ3v) is 3.42. The van der Waals surface area contributed by atoms with Gasteiger partial charge in [-0.3, -0.25) is 0 Å². The maximum Gasteiger partial charge on any atom is 0.130 e. The molecule has 0 radical (unpaired) electrons. The molecule has 0 fully saturated rings. The summed E-state index contributed by atoms with van der Waals surface area (Å²) >= 11 is 0. The molecule has 0 aliphatic heterocycles. The topological polar surface area (TPSA) is 44.5 Å². The summed E-state index contributed by atoms with van der Waals surface area (Å²) in [6, 6.07) is 10.7. The summed E-state index contributed by atoms with van der Waals surface area (Å²) < 4.78 is 25.0. The first kappa shape index (κ1) is 20.0. The van der Waals surface area contributed by atoms with Crippen molar-refractivity contribution in [1.82, 2.24) is 0 Å². The summed E-state index contributed by atoms with van der Waals surface area (Å²) in [5.41, 5.74) is 7.44. The maximum absolute atomic E-state index is 13.6. The number of ether oxygens (including phenoxy) is 2. The van der Waals surface area contributed by atoms with Gasteiger partial charge in [0.25, 0.3) is 0 Å². The molecule has 0 spiro atoms. The first-order chi connectivity index (χ1) is 11.6. The Bertz CT molecular complexity index is 642. The van der Waals surface area contributed by atoms with Crippen molar-refractivity contribution in [2.45, 2.75) is 39.7 Å². The highest BCUT2D eigenvalue weighted by atomic mass is 19.1. The van der Waals surface area contributed by atoms with E-state index in [1.165, 1.54) is 19.2 Å². The Balaban J connectivity index is 0.00000139. The van der Waals surface area contributed by atoms with Gasteiger partial charge in [-0.15, -0.1) is 0 Å². The van der Waals surface area contributed by atoms with E-state index in [1.807, 2.05) is 26.0 Å². The minimum atomic E-state index is -0.303. The zero-order valence-corrected chi connectivity index (χ0v) is 15.2. The second kappa shape index (κ2) is 9.93. The molecule has 2 rings (SSSR count). The SMILES string of the molecule is CCCc1cccc(-c2ccc(F)cc2OC(C)C)c1OC.CN. The Hall–Kier alpha value is -2.07. The lowest BCUT2D eigenvalue weighted by Gasteiger charge is -2.18. The number of rotatable bonds is 6. The number of nitrogens with two attached hydrogens (primary N) is 1. The summed E-state index contributed by atoms with van der Waals surface area (Å²) in [5, 5.41) is 0. The number of para-hydroxylation sites is 1. The first-order valence-corrected chi connectivity index (χ1v) is 8.27. The van der Waals surface area contributed by atoms with Crippen LogP contribution < -0.4 is 15.2 Å². The number of methoxy groups -OCH3 is 1. The molecule has 2 aromatic rings. The van der Waals surface area contributed by atoms with Crippen molar-refractivity contribution in [1.29, 1.82) is 0 Å². The Morgan fingerprint density at radius 3 is 2.38 bits per heavy atom. The minimum absolute atomic E-state index is 0.0228. The molecule has 24 heavy (non-hydrogen) atoms. The van der Waals surface area contributed by atoms with Crippen LogP contribution in [0.1, 0.15) is 32.8 Å². The van der Waals surface area contributed by atoms with Gasteiger partial charge in [0.05, 0.1) is 13.2 Å². The van der Waals surface area contributed by atoms with Crippen LogP contribution in [-0.2, 0) is 6.42 Å². The standard InChI is InChI=1S/C19H23FO2.CH5N/c1-5-7-14-8-6-9-17(19(14)21-4)16-11-10-15(20)12-18(16)22-13(2)3;1-2/h6,8-13H,5,7H2,1-4H3;2H2,1H3. The molecule has 0 heterocycles. The monoisotopic (exact) mass is 333 g/mol. The molecule has 0 unspecified atom stereocenters. The summed E-state index contributed by atoms with van der Waals surface area (Å²) in [7, 11) is 3.17. The molecule has 0 amide bonds. The Labute approximate surface area is 144 Å². The molecule has 0 aliphatic carbocycles. The van der Waals surface area contributed by atoms with Crippen LogP contribution >= 0.6 is 0 Å². The van der Waals surface area contributed by atoms with Crippen molar-refractivity contribution in [3.05, 3.63) is 47.8 Å². The molecule has 132 valence electrons. The molecule has 0 atom stereocenters. The van der Waals surface area contributed by atoms with Gasteiger partial charge < -0.3 is 15.2 Å². The van der Waals surface area contributed by atoms with Gasteiger partial charge in [-0.25, -0.2) is 4.39 Å². The van der Waals surface area contributed by atoms with Crippen LogP contribution in [0.4, 0.5) is 4.39 Å². The van der Waals surface area contributed by atoms with Gasteiger partial charge in [-0.1, -0.05) is 31.5 Å². The predicted octanol–water partition coefficient (Wildman–Crippen LogP) is 4.82. The average molecular weight is 333 g/mol. The third-order valence-electron chi connectivity index (χ3n) is 3.42. The molecule has 0 saturated carbocycles. The van der Waals surface area contributed by atoms with Gasteiger partial charge in [0.2, 0.25) is 0 Å². The molecule has 0 aromatic heterocycles. The fourth-order valence-electron chi connectivity index (χ4n) is 2.57. The van der Waals surface area contributed by atoms with Crippen LogP contribution in [0.5, 0.6) is 11.5 Å². The van der Waals surface area contributed by atoms with Crippen molar-refractivity contribution in [3.8, 4) is 22.6 Å². The predicted molar refractivity (Wildman–Crippen MR) is 98.3 cm³/mol. The summed E-state index contributed by atoms with van der Waals surface area (Å²) in [5.74, 6) is 1.08. The van der Waals surface area contributed by atoms with Gasteiger partial charge in [0, 0.05) is 17.2 Å². The number of halogens is 1. The van der Waals surface area contributed by atoms with Gasteiger partial charge in [-0.2, -0.15) is 0 Å². The Kier molecular flexibility index (Phi) is 8.27. The summed E-state index contributed by atoms with van der Waals surface area (Å²) in [4.78, 5) is 0. The largest absolute Gasteiger partial charge is 0.496 e. The molecule has 4 heteroatoms. The highest BCUT2D eigenvalue weighted by Gasteiger charge is 2.15. The molecule has 0 saturated heterocycles. The molecular weight excluding hydrogens is 305 g/mol. The summed E-state index contributed by atoms with van der Waals surface area (Å²) in [6.45, 7) is 6.00. The second-order valence-electron chi connectivity index (χ2n) is 5.56. The first-order valence-electron chi connectivity index (χ1n) is 8.27. The van der Waals surface area contributed by atoms with Gasteiger partial charge in [0.1, 0.15) is 17.3 Å². The lowest BCUT2D eigenvalue weighted by molar-refractivity contribution is 0.242. The zero-order chi connectivity index (χ0) is 18.1. The highest BCUT2D eigenvalue weighted by Crippen LogP contribution is 2.39. The molecule has 2 N–H and O–H groups in total.